The molecular formula is C10H10F2N2O. The summed E-state index contributed by atoms with van der Waals surface area (Å²) in [7, 11) is 0. The summed E-state index contributed by atoms with van der Waals surface area (Å²) in [5, 5.41) is 2.65. The number of hydrogen-bond acceptors (Lipinski definition) is 1. The van der Waals surface area contributed by atoms with Gasteiger partial charge in [0.1, 0.15) is 5.69 Å². The minimum atomic E-state index is -2.75. The molecule has 1 aromatic rings. The smallest absolute Gasteiger partial charge is 0.275 e. The van der Waals surface area contributed by atoms with Crippen LogP contribution in [-0.4, -0.2) is 17.0 Å². The molecular weight excluding hydrogens is 202 g/mol. The Morgan fingerprint density at radius 2 is 2.27 bits per heavy atom. The molecule has 1 aromatic heterocycles. The van der Waals surface area contributed by atoms with E-state index in [2.05, 4.69) is 5.32 Å². The van der Waals surface area contributed by atoms with E-state index in [4.69, 9.17) is 0 Å². The van der Waals surface area contributed by atoms with E-state index in [9.17, 15) is 13.6 Å². The van der Waals surface area contributed by atoms with Gasteiger partial charge < -0.3 is 9.88 Å². The van der Waals surface area contributed by atoms with Gasteiger partial charge in [0, 0.05) is 30.8 Å². The number of halogens is 2. The number of carbonyl (C=O) groups excluding carboxylic acids is 1. The molecule has 1 aliphatic carbocycles. The second-order valence-corrected chi connectivity index (χ2v) is 4.00. The molecule has 1 aliphatic heterocycles. The summed E-state index contributed by atoms with van der Waals surface area (Å²) in [5.74, 6) is -2.99. The van der Waals surface area contributed by atoms with Crippen LogP contribution in [0.25, 0.3) is 0 Å². The van der Waals surface area contributed by atoms with Gasteiger partial charge in [-0.2, -0.15) is 0 Å². The SMILES string of the molecule is O=C1NCCn2c1cc1c2CCC1(F)F. The number of rotatable bonds is 0. The van der Waals surface area contributed by atoms with E-state index in [0.29, 0.717) is 30.9 Å². The first-order valence-electron chi connectivity index (χ1n) is 4.98. The van der Waals surface area contributed by atoms with Gasteiger partial charge in [0.2, 0.25) is 0 Å². The molecule has 80 valence electrons. The zero-order chi connectivity index (χ0) is 10.6. The van der Waals surface area contributed by atoms with Crippen molar-refractivity contribution in [2.75, 3.05) is 6.54 Å². The largest absolute Gasteiger partial charge is 0.349 e. The zero-order valence-corrected chi connectivity index (χ0v) is 8.02. The van der Waals surface area contributed by atoms with Crippen molar-refractivity contribution in [3.63, 3.8) is 0 Å². The van der Waals surface area contributed by atoms with Crippen molar-refractivity contribution in [2.45, 2.75) is 25.3 Å². The van der Waals surface area contributed by atoms with Crippen LogP contribution in [0.15, 0.2) is 6.07 Å². The van der Waals surface area contributed by atoms with Crippen LogP contribution in [-0.2, 0) is 18.9 Å². The number of nitrogens with one attached hydrogen (secondary N) is 1. The molecule has 0 saturated heterocycles. The van der Waals surface area contributed by atoms with Crippen molar-refractivity contribution in [1.82, 2.24) is 9.88 Å². The number of hydrogen-bond donors (Lipinski definition) is 1. The summed E-state index contributed by atoms with van der Waals surface area (Å²) in [6, 6.07) is 1.34. The summed E-state index contributed by atoms with van der Waals surface area (Å²) < 4.78 is 28.5. The van der Waals surface area contributed by atoms with Gasteiger partial charge in [0.25, 0.3) is 11.8 Å². The highest BCUT2D eigenvalue weighted by atomic mass is 19.3. The molecule has 1 amide bonds. The molecule has 0 atom stereocenters. The summed E-state index contributed by atoms with van der Waals surface area (Å²) >= 11 is 0. The van der Waals surface area contributed by atoms with E-state index in [0.717, 1.165) is 0 Å². The zero-order valence-electron chi connectivity index (χ0n) is 8.02. The molecule has 0 saturated carbocycles. The molecule has 3 rings (SSSR count). The predicted octanol–water partition coefficient (Wildman–Crippen LogP) is 1.27. The summed E-state index contributed by atoms with van der Waals surface area (Å²) in [5.41, 5.74) is 1.07. The average molecular weight is 212 g/mol. The molecule has 0 aromatic carbocycles. The van der Waals surface area contributed by atoms with Crippen molar-refractivity contribution in [2.24, 2.45) is 0 Å². The lowest BCUT2D eigenvalue weighted by Crippen LogP contribution is -2.35. The summed E-state index contributed by atoms with van der Waals surface area (Å²) in [6.45, 7) is 1.13. The second kappa shape index (κ2) is 2.59. The third-order valence-corrected chi connectivity index (χ3v) is 3.13. The first-order valence-corrected chi connectivity index (χ1v) is 4.98. The number of fused-ring (bicyclic) bond motifs is 3. The predicted molar refractivity (Wildman–Crippen MR) is 49.0 cm³/mol. The van der Waals surface area contributed by atoms with Crippen molar-refractivity contribution >= 4 is 5.91 Å². The fourth-order valence-electron chi connectivity index (χ4n) is 2.40. The topological polar surface area (TPSA) is 34.0 Å². The molecule has 0 fully saturated rings. The molecule has 0 radical (unpaired) electrons. The van der Waals surface area contributed by atoms with Crippen LogP contribution in [0, 0.1) is 0 Å². The lowest BCUT2D eigenvalue weighted by molar-refractivity contribution is -0.00178. The van der Waals surface area contributed by atoms with Gasteiger partial charge in [-0.15, -0.1) is 0 Å². The molecule has 2 aliphatic rings. The molecule has 15 heavy (non-hydrogen) atoms. The standard InChI is InChI=1S/C10H10F2N2O/c11-10(12)2-1-7-6(10)5-8-9(15)13-3-4-14(7)8/h5H,1-4H2,(H,13,15). The highest BCUT2D eigenvalue weighted by Crippen LogP contribution is 2.43. The lowest BCUT2D eigenvalue weighted by atomic mass is 10.2. The van der Waals surface area contributed by atoms with Gasteiger partial charge in [0.05, 0.1) is 0 Å². The lowest BCUT2D eigenvalue weighted by Gasteiger charge is -2.17. The minimum absolute atomic E-state index is 0.0505. The van der Waals surface area contributed by atoms with Gasteiger partial charge >= 0.3 is 0 Å². The van der Waals surface area contributed by atoms with Crippen LogP contribution < -0.4 is 5.32 Å². The first-order chi connectivity index (χ1) is 7.09. The Morgan fingerprint density at radius 3 is 3.07 bits per heavy atom. The molecule has 3 nitrogen and oxygen atoms in total. The second-order valence-electron chi connectivity index (χ2n) is 4.00. The van der Waals surface area contributed by atoms with Crippen LogP contribution in [0.1, 0.15) is 28.2 Å². The Kier molecular flexibility index (Phi) is 1.53. The molecule has 5 heteroatoms. The van der Waals surface area contributed by atoms with Crippen LogP contribution in [0.5, 0.6) is 0 Å². The Balaban J connectivity index is 2.20. The maximum atomic E-state index is 13.4. The minimum Gasteiger partial charge on any atom is -0.349 e. The van der Waals surface area contributed by atoms with Gasteiger partial charge in [0.15, 0.2) is 0 Å². The highest BCUT2D eigenvalue weighted by Gasteiger charge is 2.43. The van der Waals surface area contributed by atoms with E-state index in [1.807, 2.05) is 0 Å². The normalized spacial score (nSPS) is 22.1. The van der Waals surface area contributed by atoms with Crippen LogP contribution >= 0.6 is 0 Å². The molecule has 2 heterocycles. The fourth-order valence-corrected chi connectivity index (χ4v) is 2.40. The summed E-state index contributed by atoms with van der Waals surface area (Å²) in [4.78, 5) is 11.4. The van der Waals surface area contributed by atoms with Gasteiger partial charge in [-0.3, -0.25) is 4.79 Å². The van der Waals surface area contributed by atoms with Gasteiger partial charge in [-0.05, 0) is 12.5 Å². The maximum absolute atomic E-state index is 13.4. The number of carbonyl (C=O) groups is 1. The van der Waals surface area contributed by atoms with Crippen LogP contribution in [0.4, 0.5) is 8.78 Å². The van der Waals surface area contributed by atoms with Crippen molar-refractivity contribution in [3.8, 4) is 0 Å². The molecule has 0 bridgehead atoms. The summed E-state index contributed by atoms with van der Waals surface area (Å²) in [6.07, 6.45) is 0.245. The number of amides is 1. The van der Waals surface area contributed by atoms with E-state index < -0.39 is 5.92 Å². The Morgan fingerprint density at radius 1 is 1.47 bits per heavy atom. The molecule has 0 unspecified atom stereocenters. The van der Waals surface area contributed by atoms with Gasteiger partial charge in [-0.25, -0.2) is 8.78 Å². The highest BCUT2D eigenvalue weighted by molar-refractivity contribution is 5.94. The van der Waals surface area contributed by atoms with Crippen LogP contribution in [0.2, 0.25) is 0 Å². The van der Waals surface area contributed by atoms with E-state index >= 15 is 0 Å². The maximum Gasteiger partial charge on any atom is 0.275 e. The first kappa shape index (κ1) is 8.88. The Bertz CT molecular complexity index is 451. The van der Waals surface area contributed by atoms with E-state index in [1.54, 1.807) is 4.57 Å². The van der Waals surface area contributed by atoms with E-state index in [1.165, 1.54) is 6.07 Å². The quantitative estimate of drug-likeness (QED) is 0.690. The number of nitrogens with zero attached hydrogens (tertiary/aromatic N) is 1. The van der Waals surface area contributed by atoms with Crippen molar-refractivity contribution < 1.29 is 13.6 Å². The molecule has 0 spiro atoms. The fraction of sp³-hybridized carbons (Fsp3) is 0.500. The third-order valence-electron chi connectivity index (χ3n) is 3.13. The van der Waals surface area contributed by atoms with E-state index in [-0.39, 0.29) is 17.9 Å². The number of alkyl halides is 2. The Labute approximate surface area is 85.1 Å². The third kappa shape index (κ3) is 1.06. The van der Waals surface area contributed by atoms with Crippen molar-refractivity contribution in [1.29, 1.82) is 0 Å². The van der Waals surface area contributed by atoms with Gasteiger partial charge in [-0.1, -0.05) is 0 Å². The average Bonchev–Trinajstić information content (AvgIpc) is 2.67. The monoisotopic (exact) mass is 212 g/mol. The number of aromatic nitrogens is 1. The Hall–Kier alpha value is -1.39. The molecule has 1 N–H and O–H groups in total. The van der Waals surface area contributed by atoms with Crippen LogP contribution in [0.3, 0.4) is 0 Å². The van der Waals surface area contributed by atoms with Crippen molar-refractivity contribution in [3.05, 3.63) is 23.0 Å².